The molecule has 1 aliphatic heterocycles. The average molecular weight is 469 g/mol. The van der Waals surface area contributed by atoms with Gasteiger partial charge in [0.15, 0.2) is 0 Å². The second kappa shape index (κ2) is 9.89. The number of amides is 1. The summed E-state index contributed by atoms with van der Waals surface area (Å²) in [4.78, 5) is 18.7. The van der Waals surface area contributed by atoms with Gasteiger partial charge in [-0.3, -0.25) is 9.78 Å². The van der Waals surface area contributed by atoms with Crippen LogP contribution in [0.1, 0.15) is 29.2 Å². The zero-order valence-corrected chi connectivity index (χ0v) is 19.2. The van der Waals surface area contributed by atoms with Crippen LogP contribution in [0.4, 0.5) is 4.39 Å². The first-order chi connectivity index (χ1) is 15.8. The van der Waals surface area contributed by atoms with Crippen LogP contribution in [0.2, 0.25) is 5.02 Å². The van der Waals surface area contributed by atoms with Crippen LogP contribution in [0.25, 0.3) is 0 Å². The number of carbonyl (C=O) groups excluding carboxylic acids is 1. The van der Waals surface area contributed by atoms with Gasteiger partial charge in [-0.15, -0.1) is 0 Å². The molecule has 1 aromatic heterocycles. The molecular formula is C26H26ClFN2O3. The van der Waals surface area contributed by atoms with Crippen molar-refractivity contribution in [3.05, 3.63) is 94.0 Å². The molecule has 1 N–H and O–H groups in total. The fraction of sp³-hybridized carbons (Fsp3) is 0.308. The number of nitrogens with zero attached hydrogens (tertiary/aromatic N) is 2. The first-order valence-electron chi connectivity index (χ1n) is 10.9. The molecule has 33 heavy (non-hydrogen) atoms. The van der Waals surface area contributed by atoms with Crippen LogP contribution >= 0.6 is 11.6 Å². The largest absolute Gasteiger partial charge is 0.487 e. The molecule has 4 rings (SSSR count). The second-order valence-electron chi connectivity index (χ2n) is 8.67. The van der Waals surface area contributed by atoms with Crippen LogP contribution in [0, 0.1) is 5.82 Å². The SMILES string of the molecule is CC1(Cc2ccc(Cl)c(F)c2)Cc2cc(CC(=O)N(CCO)Cc3cccnc3)ccc2O1. The predicted molar refractivity (Wildman–Crippen MR) is 125 cm³/mol. The van der Waals surface area contributed by atoms with Gasteiger partial charge in [0.2, 0.25) is 5.91 Å². The number of aliphatic hydroxyl groups excluding tert-OH is 1. The highest BCUT2D eigenvalue weighted by molar-refractivity contribution is 6.30. The number of hydrogen-bond donors (Lipinski definition) is 1. The third-order valence-electron chi connectivity index (χ3n) is 5.78. The smallest absolute Gasteiger partial charge is 0.227 e. The maximum atomic E-state index is 13.8. The Bertz CT molecular complexity index is 1140. The lowest BCUT2D eigenvalue weighted by Gasteiger charge is -2.24. The van der Waals surface area contributed by atoms with Crippen molar-refractivity contribution in [3.8, 4) is 5.75 Å². The summed E-state index contributed by atoms with van der Waals surface area (Å²) in [6.07, 6.45) is 4.83. The normalized spacial score (nSPS) is 16.8. The van der Waals surface area contributed by atoms with Gasteiger partial charge in [0.1, 0.15) is 17.2 Å². The minimum absolute atomic E-state index is 0.0637. The van der Waals surface area contributed by atoms with Crippen LogP contribution in [0.5, 0.6) is 5.75 Å². The second-order valence-corrected chi connectivity index (χ2v) is 9.08. The van der Waals surface area contributed by atoms with Gasteiger partial charge >= 0.3 is 0 Å². The van der Waals surface area contributed by atoms with Crippen molar-refractivity contribution in [2.45, 2.75) is 38.3 Å². The number of aromatic nitrogens is 1. The summed E-state index contributed by atoms with van der Waals surface area (Å²) in [5.74, 6) is 0.282. The highest BCUT2D eigenvalue weighted by atomic mass is 35.5. The molecule has 2 heterocycles. The van der Waals surface area contributed by atoms with Gasteiger partial charge in [-0.25, -0.2) is 4.39 Å². The third kappa shape index (κ3) is 5.70. The number of pyridine rings is 1. The Labute approximate surface area is 197 Å². The first kappa shape index (κ1) is 23.2. The monoisotopic (exact) mass is 468 g/mol. The average Bonchev–Trinajstić information content (AvgIpc) is 3.11. The molecular weight excluding hydrogens is 443 g/mol. The van der Waals surface area contributed by atoms with Crippen LogP contribution < -0.4 is 4.74 Å². The van der Waals surface area contributed by atoms with Gasteiger partial charge in [-0.1, -0.05) is 35.9 Å². The molecule has 172 valence electrons. The molecule has 3 aromatic rings. The molecule has 0 radical (unpaired) electrons. The fourth-order valence-corrected chi connectivity index (χ4v) is 4.39. The Morgan fingerprint density at radius 1 is 1.21 bits per heavy atom. The van der Waals surface area contributed by atoms with E-state index in [0.29, 0.717) is 19.4 Å². The highest BCUT2D eigenvalue weighted by Crippen LogP contribution is 2.38. The van der Waals surface area contributed by atoms with Crippen molar-refractivity contribution in [2.75, 3.05) is 13.2 Å². The third-order valence-corrected chi connectivity index (χ3v) is 6.09. The molecule has 1 unspecified atom stereocenters. The number of carbonyl (C=O) groups is 1. The maximum absolute atomic E-state index is 13.8. The summed E-state index contributed by atoms with van der Waals surface area (Å²) >= 11 is 5.80. The first-order valence-corrected chi connectivity index (χ1v) is 11.3. The lowest BCUT2D eigenvalue weighted by atomic mass is 9.91. The quantitative estimate of drug-likeness (QED) is 0.533. The van der Waals surface area contributed by atoms with Crippen molar-refractivity contribution >= 4 is 17.5 Å². The van der Waals surface area contributed by atoms with E-state index in [4.69, 9.17) is 16.3 Å². The van der Waals surface area contributed by atoms with E-state index in [1.54, 1.807) is 23.4 Å². The van der Waals surface area contributed by atoms with Crippen LogP contribution in [0.3, 0.4) is 0 Å². The van der Waals surface area contributed by atoms with Crippen molar-refractivity contribution < 1.29 is 19.0 Å². The van der Waals surface area contributed by atoms with Crippen molar-refractivity contribution in [3.63, 3.8) is 0 Å². The van der Waals surface area contributed by atoms with E-state index in [1.165, 1.54) is 6.07 Å². The zero-order valence-electron chi connectivity index (χ0n) is 18.4. The molecule has 1 atom stereocenters. The number of benzene rings is 2. The van der Waals surface area contributed by atoms with Gasteiger partial charge in [-0.2, -0.15) is 0 Å². The van der Waals surface area contributed by atoms with E-state index in [1.807, 2.05) is 43.3 Å². The van der Waals surface area contributed by atoms with Crippen LogP contribution in [-0.4, -0.2) is 39.7 Å². The van der Waals surface area contributed by atoms with Crippen LogP contribution in [-0.2, 0) is 30.6 Å². The molecule has 7 heteroatoms. The van der Waals surface area contributed by atoms with E-state index >= 15 is 0 Å². The van der Waals surface area contributed by atoms with Gasteiger partial charge < -0.3 is 14.7 Å². The molecule has 0 aliphatic carbocycles. The lowest BCUT2D eigenvalue weighted by molar-refractivity contribution is -0.131. The Hall–Kier alpha value is -2.96. The summed E-state index contributed by atoms with van der Waals surface area (Å²) in [6.45, 7) is 2.56. The standard InChI is InChI=1S/C26H26ClFN2O3/c1-26(14-19-4-6-22(27)23(28)12-19)15-21-11-18(5-7-24(21)33-26)13-25(32)30(9-10-31)17-20-3-2-8-29-16-20/h2-8,11-12,16,31H,9-10,13-15,17H2,1H3. The van der Waals surface area contributed by atoms with E-state index in [9.17, 15) is 14.3 Å². The zero-order chi connectivity index (χ0) is 23.4. The molecule has 0 spiro atoms. The van der Waals surface area contributed by atoms with Gasteiger partial charge in [-0.05, 0) is 53.4 Å². The van der Waals surface area contributed by atoms with E-state index in [0.717, 1.165) is 28.0 Å². The molecule has 1 amide bonds. The number of halogens is 2. The molecule has 2 aromatic carbocycles. The number of rotatable bonds is 8. The number of fused-ring (bicyclic) bond motifs is 1. The fourth-order valence-electron chi connectivity index (χ4n) is 4.28. The topological polar surface area (TPSA) is 62.7 Å². The molecule has 0 saturated carbocycles. The number of aliphatic hydroxyl groups is 1. The summed E-state index contributed by atoms with van der Waals surface area (Å²) in [6, 6.07) is 14.3. The van der Waals surface area contributed by atoms with Crippen molar-refractivity contribution in [1.29, 1.82) is 0 Å². The molecule has 5 nitrogen and oxygen atoms in total. The van der Waals surface area contributed by atoms with Crippen LogP contribution in [0.15, 0.2) is 60.9 Å². The van der Waals surface area contributed by atoms with E-state index in [2.05, 4.69) is 4.98 Å². The Kier molecular flexibility index (Phi) is 6.96. The Morgan fingerprint density at radius 3 is 2.76 bits per heavy atom. The van der Waals surface area contributed by atoms with Crippen molar-refractivity contribution in [2.24, 2.45) is 0 Å². The maximum Gasteiger partial charge on any atom is 0.227 e. The van der Waals surface area contributed by atoms with Crippen molar-refractivity contribution in [1.82, 2.24) is 9.88 Å². The summed E-state index contributed by atoms with van der Waals surface area (Å²) in [7, 11) is 0. The Morgan fingerprint density at radius 2 is 2.03 bits per heavy atom. The summed E-state index contributed by atoms with van der Waals surface area (Å²) in [5, 5.41) is 9.51. The summed E-state index contributed by atoms with van der Waals surface area (Å²) < 4.78 is 20.0. The minimum atomic E-state index is -0.505. The molecule has 0 fully saturated rings. The molecule has 0 saturated heterocycles. The predicted octanol–water partition coefficient (Wildman–Crippen LogP) is 4.37. The molecule has 0 bridgehead atoms. The van der Waals surface area contributed by atoms with Gasteiger partial charge in [0.05, 0.1) is 18.1 Å². The number of hydrogen-bond acceptors (Lipinski definition) is 4. The van der Waals surface area contributed by atoms with E-state index < -0.39 is 11.4 Å². The van der Waals surface area contributed by atoms with E-state index in [-0.39, 0.29) is 30.5 Å². The summed E-state index contributed by atoms with van der Waals surface area (Å²) in [5.41, 5.74) is 3.14. The van der Waals surface area contributed by atoms with Gasteiger partial charge in [0, 0.05) is 38.3 Å². The lowest BCUT2D eigenvalue weighted by Crippen LogP contribution is -2.34. The highest BCUT2D eigenvalue weighted by Gasteiger charge is 2.35. The van der Waals surface area contributed by atoms with Gasteiger partial charge in [0.25, 0.3) is 0 Å². The number of ether oxygens (including phenoxy) is 1. The molecule has 1 aliphatic rings. The minimum Gasteiger partial charge on any atom is -0.487 e. The Balaban J connectivity index is 1.43.